The Morgan fingerprint density at radius 1 is 0.370 bits per heavy atom. The fraction of sp³-hybridized carbons (Fsp3) is 0.592. The van der Waals surface area contributed by atoms with Gasteiger partial charge in [0.25, 0.3) is 0 Å². The normalized spacial score (nSPS) is 24.1. The van der Waals surface area contributed by atoms with Crippen molar-refractivity contribution in [3.8, 4) is 0 Å². The van der Waals surface area contributed by atoms with Crippen molar-refractivity contribution >= 4 is 70.2 Å². The Kier molecular flexibility index (Phi) is 27.4. The number of hydrogen-bond donors (Lipinski definition) is 2. The van der Waals surface area contributed by atoms with Gasteiger partial charge in [-0.1, -0.05) is 71.2 Å². The van der Waals surface area contributed by atoms with Crippen molar-refractivity contribution in [1.29, 1.82) is 0 Å². The van der Waals surface area contributed by atoms with E-state index in [2.05, 4.69) is 166 Å². The summed E-state index contributed by atoms with van der Waals surface area (Å²) in [6, 6.07) is 24.0. The van der Waals surface area contributed by atoms with Gasteiger partial charge < -0.3 is 30.2 Å². The van der Waals surface area contributed by atoms with Crippen molar-refractivity contribution in [2.45, 2.75) is 288 Å². The quantitative estimate of drug-likeness (QED) is 0.114. The molecule has 0 radical (unpaired) electrons. The van der Waals surface area contributed by atoms with Gasteiger partial charge in [-0.2, -0.15) is 0 Å². The first-order valence-electron chi connectivity index (χ1n) is 45.7. The molecule has 9 atom stereocenters. The van der Waals surface area contributed by atoms with Crippen molar-refractivity contribution in [2.24, 2.45) is 17.8 Å². The molecule has 3 aliphatic carbocycles. The highest BCUT2D eigenvalue weighted by Crippen LogP contribution is 2.61. The maximum absolute atomic E-state index is 15.0. The van der Waals surface area contributed by atoms with Crippen molar-refractivity contribution in [1.82, 2.24) is 44.9 Å². The number of aryl methyl sites for hydroxylation is 3. The zero-order chi connectivity index (χ0) is 93.2. The monoisotopic (exact) mass is 1810 g/mol. The summed E-state index contributed by atoms with van der Waals surface area (Å²) in [6.45, 7) is 49.2. The molecule has 6 saturated heterocycles. The van der Waals surface area contributed by atoms with E-state index in [0.717, 1.165) is 108 Å². The molecule has 6 aromatic carbocycles. The number of amides is 6. The lowest BCUT2D eigenvalue weighted by atomic mass is 9.71. The number of nitrogens with zero attached hydrogens (tertiary/aromatic N) is 7. The van der Waals surface area contributed by atoms with Crippen LogP contribution in [0.4, 0.5) is 26.3 Å². The zero-order valence-electron chi connectivity index (χ0n) is 78.7. The summed E-state index contributed by atoms with van der Waals surface area (Å²) in [5, 5.41) is 8.56. The maximum atomic E-state index is 15.0. The maximum Gasteiger partial charge on any atom is 0.227 e. The lowest BCUT2D eigenvalue weighted by Gasteiger charge is -2.44. The van der Waals surface area contributed by atoms with Crippen LogP contribution in [0.2, 0.25) is 15.1 Å². The molecule has 24 heteroatoms. The van der Waals surface area contributed by atoms with Gasteiger partial charge in [-0.05, 0) is 302 Å². The summed E-state index contributed by atoms with van der Waals surface area (Å²) in [4.78, 5) is 93.6. The average Bonchev–Trinajstić information content (AvgIpc) is 1.58. The second-order valence-electron chi connectivity index (χ2n) is 43.6. The van der Waals surface area contributed by atoms with Crippen molar-refractivity contribution < 1.29 is 55.1 Å². The Hall–Kier alpha value is -7.53. The van der Waals surface area contributed by atoms with E-state index in [1.165, 1.54) is 69.8 Å². The van der Waals surface area contributed by atoms with Crippen molar-refractivity contribution in [3.63, 3.8) is 0 Å². The van der Waals surface area contributed by atoms with Crippen molar-refractivity contribution in [2.75, 3.05) is 85.6 Å². The highest BCUT2D eigenvalue weighted by atomic mass is 35.5. The molecule has 6 amide bonds. The molecule has 0 unspecified atom stereocenters. The predicted molar refractivity (Wildman–Crippen MR) is 493 cm³/mol. The topological polar surface area (TPSA) is 149 Å². The molecule has 6 aromatic rings. The highest BCUT2D eigenvalue weighted by molar-refractivity contribution is 6.32. The van der Waals surface area contributed by atoms with Gasteiger partial charge in [0.1, 0.15) is 34.9 Å². The van der Waals surface area contributed by atoms with E-state index >= 15 is 4.39 Å². The van der Waals surface area contributed by atoms with E-state index in [0.29, 0.717) is 95.2 Å². The molecule has 6 heterocycles. The average molecular weight is 1810 g/mol. The molecule has 2 N–H and O–H groups in total. The molecular weight excluding hydrogens is 1680 g/mol. The van der Waals surface area contributed by atoms with Gasteiger partial charge in [-0.3, -0.25) is 43.5 Å². The fourth-order valence-corrected chi connectivity index (χ4v) is 24.1. The number of rotatable bonds is 12. The van der Waals surface area contributed by atoms with Crippen LogP contribution in [0.5, 0.6) is 0 Å². The Morgan fingerprint density at radius 3 is 0.858 bits per heavy atom. The summed E-state index contributed by atoms with van der Waals surface area (Å²) in [7, 11) is 1.87. The van der Waals surface area contributed by atoms with Gasteiger partial charge in [0.05, 0.1) is 17.8 Å². The second-order valence-corrected chi connectivity index (χ2v) is 44.8. The molecule has 690 valence electrons. The minimum atomic E-state index is -0.613. The molecule has 9 aliphatic rings. The van der Waals surface area contributed by atoms with Gasteiger partial charge in [-0.25, -0.2) is 26.3 Å². The Morgan fingerprint density at radius 2 is 0.622 bits per heavy atom. The minimum absolute atomic E-state index is 0.0339. The number of benzene rings is 6. The van der Waals surface area contributed by atoms with Crippen LogP contribution in [0.1, 0.15) is 285 Å². The lowest BCUT2D eigenvalue weighted by Crippen LogP contribution is -2.50. The largest absolute Gasteiger partial charge is 0.351 e. The standard InChI is InChI=1S/C35H46ClF2N3O2.2C34H44ClF2N3O2/c1-21-15-25-28(17-30(21)36)35(18-29(25)34(6,7)39(8)22(2)42)11-13-40(14-12-35)32(43)27-20-41(33(3,4)5)19-26(27)24-10-9-23(37)16-31(24)38;2*1-20-14-24-27(16-29(20)35)34(17-28(24)33(6,7)38-21(2)41)10-12-39(13-11-34)31(42)26-19-40(32(3,4)5)18-25(26)23-9-8-22(36)15-30(23)37/h9-10,15-17,26-27,29H,11-14,18-20H2,1-8H3;2*8-9,14-16,25-26,28H,10-13,17-19H2,1-7H3,(H,38,41)/t26-,27+,29+;25-,26+,28+;25-,26+,28-/m000/s1. The molecule has 127 heavy (non-hydrogen) atoms. The Labute approximate surface area is 764 Å². The number of likely N-dealkylation sites (N-methyl/N-ethyl adjacent to an activating group) is 1. The second kappa shape index (κ2) is 35.9. The first-order chi connectivity index (χ1) is 59.0. The summed E-state index contributed by atoms with van der Waals surface area (Å²) < 4.78 is 86.3. The summed E-state index contributed by atoms with van der Waals surface area (Å²) >= 11 is 20.0. The first kappa shape index (κ1) is 97.0. The number of carbonyl (C=O) groups excluding carboxylic acids is 6. The van der Waals surface area contributed by atoms with E-state index in [4.69, 9.17) is 34.8 Å². The van der Waals surface area contributed by atoms with Crippen LogP contribution < -0.4 is 10.6 Å². The smallest absolute Gasteiger partial charge is 0.227 e. The molecular formula is C103H134Cl3F6N9O6. The number of likely N-dealkylation sites (tertiary alicyclic amines) is 6. The number of halogens is 9. The van der Waals surface area contributed by atoms with E-state index in [9.17, 15) is 50.7 Å². The number of hydrogen-bond acceptors (Lipinski definition) is 9. The number of piperidine rings is 3. The van der Waals surface area contributed by atoms with Crippen LogP contribution in [0, 0.1) is 73.4 Å². The molecule has 0 aromatic heterocycles. The molecule has 15 rings (SSSR count). The molecule has 6 aliphatic heterocycles. The minimum Gasteiger partial charge on any atom is -0.351 e. The summed E-state index contributed by atoms with van der Waals surface area (Å²) in [6.07, 6.45) is 7.42. The molecule has 6 fully saturated rings. The van der Waals surface area contributed by atoms with Crippen LogP contribution in [-0.2, 0) is 45.0 Å². The molecule has 0 bridgehead atoms. The molecule has 15 nitrogen and oxygen atoms in total. The van der Waals surface area contributed by atoms with Gasteiger partial charge >= 0.3 is 0 Å². The third kappa shape index (κ3) is 19.3. The molecule has 0 saturated carbocycles. The van der Waals surface area contributed by atoms with E-state index in [1.54, 1.807) is 20.8 Å². The summed E-state index contributed by atoms with van der Waals surface area (Å²) in [5.74, 6) is -5.41. The van der Waals surface area contributed by atoms with Crippen LogP contribution in [-0.4, -0.2) is 189 Å². The van der Waals surface area contributed by atoms with Crippen LogP contribution >= 0.6 is 34.8 Å². The fourth-order valence-electron chi connectivity index (χ4n) is 23.6. The van der Waals surface area contributed by atoms with E-state index in [-0.39, 0.29) is 104 Å². The van der Waals surface area contributed by atoms with Crippen LogP contribution in [0.25, 0.3) is 0 Å². The van der Waals surface area contributed by atoms with Crippen LogP contribution in [0.3, 0.4) is 0 Å². The Balaban J connectivity index is 0.000000163. The number of nitrogens with one attached hydrogen (secondary N) is 2. The van der Waals surface area contributed by atoms with E-state index < -0.39 is 69.3 Å². The highest BCUT2D eigenvalue weighted by Gasteiger charge is 2.58. The zero-order valence-corrected chi connectivity index (χ0v) is 81.0. The van der Waals surface area contributed by atoms with Gasteiger partial charge in [0, 0.05) is 208 Å². The summed E-state index contributed by atoms with van der Waals surface area (Å²) in [5.41, 5.74) is 9.49. The molecule has 3 spiro atoms. The third-order valence-electron chi connectivity index (χ3n) is 31.5. The van der Waals surface area contributed by atoms with Gasteiger partial charge in [-0.15, -0.1) is 0 Å². The first-order valence-corrected chi connectivity index (χ1v) is 46.8. The Bertz CT molecular complexity index is 5010. The van der Waals surface area contributed by atoms with Gasteiger partial charge in [0.2, 0.25) is 35.4 Å². The van der Waals surface area contributed by atoms with Crippen molar-refractivity contribution in [3.05, 3.63) is 208 Å². The lowest BCUT2D eigenvalue weighted by molar-refractivity contribution is -0.138. The predicted octanol–water partition coefficient (Wildman–Crippen LogP) is 20.5. The number of fused-ring (bicyclic) bond motifs is 6. The number of carbonyl (C=O) groups is 6. The van der Waals surface area contributed by atoms with Gasteiger partial charge in [0.15, 0.2) is 0 Å². The van der Waals surface area contributed by atoms with E-state index in [1.807, 2.05) is 47.4 Å². The SMILES string of the molecule is CC(=O)N(C)C(C)(C)[C@@H]1CC2(CCN(C(=O)[C@@H]3CN(C(C)(C)C)C[C@H]3c3ccc(F)cc3F)CC2)c2cc(Cl)c(C)cc21.CC(=O)NC(C)(C)[C@@H]1CC2(CCN(C(=O)[C@@H]3CN(C(C)(C)C)C[C@H]3c3ccc(F)cc3F)CC2)c2cc(Cl)c(C)cc21.CC(=O)NC(C)(C)[C@H]1CC2(CCN(C(=O)[C@@H]3CN(C(C)(C)C)C[C@H]3c3ccc(F)cc3F)CC2)c2cc(Cl)c(C)cc21. The third-order valence-corrected chi connectivity index (χ3v) is 32.7. The van der Waals surface area contributed by atoms with Crippen LogP contribution in [0.15, 0.2) is 91.0 Å².